The molecule has 6 heteroatoms. The Kier molecular flexibility index (Phi) is 5.64. The minimum atomic E-state index is -1.23. The molecule has 0 radical (unpaired) electrons. The summed E-state index contributed by atoms with van der Waals surface area (Å²) in [5.74, 6) is 0.859. The summed E-state index contributed by atoms with van der Waals surface area (Å²) in [7, 11) is 3.12. The quantitative estimate of drug-likeness (QED) is 0.705. The van der Waals surface area contributed by atoms with Crippen molar-refractivity contribution in [3.05, 3.63) is 18.2 Å². The Morgan fingerprint density at radius 1 is 1.20 bits per heavy atom. The van der Waals surface area contributed by atoms with Crippen LogP contribution in [0.1, 0.15) is 19.8 Å². The molecule has 0 aliphatic heterocycles. The largest absolute Gasteiger partial charge is 0.496 e. The molecule has 0 saturated heterocycles. The first-order chi connectivity index (χ1) is 9.39. The second-order valence-corrected chi connectivity index (χ2v) is 4.72. The number of hydrogen-bond donors (Lipinski definition) is 2. The van der Waals surface area contributed by atoms with Gasteiger partial charge in [-0.2, -0.15) is 0 Å². The van der Waals surface area contributed by atoms with Crippen LogP contribution in [-0.4, -0.2) is 37.4 Å². The van der Waals surface area contributed by atoms with E-state index in [1.807, 2.05) is 0 Å². The van der Waals surface area contributed by atoms with Crippen molar-refractivity contribution in [2.45, 2.75) is 25.3 Å². The van der Waals surface area contributed by atoms with Gasteiger partial charge in [-0.1, -0.05) is 0 Å². The first-order valence-corrected chi connectivity index (χ1v) is 6.27. The second-order valence-electron chi connectivity index (χ2n) is 4.72. The zero-order valence-electron chi connectivity index (χ0n) is 12.0. The van der Waals surface area contributed by atoms with Gasteiger partial charge >= 0.3 is 5.97 Å². The van der Waals surface area contributed by atoms with Gasteiger partial charge in [0, 0.05) is 18.2 Å². The standard InChI is InChI=1S/C14H21NO5/c1-14(15,13(16)17)5-4-6-20-12-8-10(18-2)7-11(9-12)19-3/h7-9H,4-6,15H2,1-3H3,(H,16,17). The van der Waals surface area contributed by atoms with Crippen molar-refractivity contribution in [3.63, 3.8) is 0 Å². The van der Waals surface area contributed by atoms with Crippen LogP contribution in [0.25, 0.3) is 0 Å². The molecule has 0 aliphatic rings. The van der Waals surface area contributed by atoms with E-state index in [2.05, 4.69) is 0 Å². The zero-order chi connectivity index (χ0) is 15.2. The van der Waals surface area contributed by atoms with Gasteiger partial charge in [0.25, 0.3) is 0 Å². The van der Waals surface area contributed by atoms with E-state index in [0.717, 1.165) is 0 Å². The van der Waals surface area contributed by atoms with Gasteiger partial charge in [-0.3, -0.25) is 4.79 Å². The van der Waals surface area contributed by atoms with Gasteiger partial charge in [-0.15, -0.1) is 0 Å². The molecule has 0 aliphatic carbocycles. The molecule has 112 valence electrons. The van der Waals surface area contributed by atoms with E-state index in [1.54, 1.807) is 32.4 Å². The van der Waals surface area contributed by atoms with Gasteiger partial charge in [0.05, 0.1) is 20.8 Å². The predicted molar refractivity (Wildman–Crippen MR) is 74.5 cm³/mol. The van der Waals surface area contributed by atoms with Crippen molar-refractivity contribution in [3.8, 4) is 17.2 Å². The molecule has 0 saturated carbocycles. The lowest BCUT2D eigenvalue weighted by molar-refractivity contribution is -0.142. The van der Waals surface area contributed by atoms with Crippen molar-refractivity contribution in [1.82, 2.24) is 0 Å². The van der Waals surface area contributed by atoms with Crippen LogP contribution >= 0.6 is 0 Å². The van der Waals surface area contributed by atoms with Crippen LogP contribution in [0.3, 0.4) is 0 Å². The topological polar surface area (TPSA) is 91.0 Å². The van der Waals surface area contributed by atoms with Gasteiger partial charge in [0.15, 0.2) is 0 Å². The monoisotopic (exact) mass is 283 g/mol. The van der Waals surface area contributed by atoms with Crippen LogP contribution in [0.5, 0.6) is 17.2 Å². The first kappa shape index (κ1) is 16.1. The van der Waals surface area contributed by atoms with Crippen LogP contribution in [0, 0.1) is 0 Å². The number of carboxylic acid groups (broad SMARTS) is 1. The van der Waals surface area contributed by atoms with Gasteiger partial charge < -0.3 is 25.1 Å². The number of carboxylic acids is 1. The van der Waals surface area contributed by atoms with Crippen molar-refractivity contribution in [2.24, 2.45) is 5.73 Å². The number of hydrogen-bond acceptors (Lipinski definition) is 5. The van der Waals surface area contributed by atoms with E-state index in [1.165, 1.54) is 6.92 Å². The highest BCUT2D eigenvalue weighted by molar-refractivity contribution is 5.77. The number of benzene rings is 1. The lowest BCUT2D eigenvalue weighted by atomic mass is 9.98. The van der Waals surface area contributed by atoms with E-state index in [4.69, 9.17) is 25.1 Å². The Hall–Kier alpha value is -1.95. The number of methoxy groups -OCH3 is 2. The maximum Gasteiger partial charge on any atom is 0.323 e. The van der Waals surface area contributed by atoms with Gasteiger partial charge in [0.2, 0.25) is 0 Å². The average Bonchev–Trinajstić information content (AvgIpc) is 2.43. The Labute approximate surface area is 118 Å². The molecule has 0 aromatic heterocycles. The van der Waals surface area contributed by atoms with Crippen LogP contribution in [0.2, 0.25) is 0 Å². The number of ether oxygens (including phenoxy) is 3. The van der Waals surface area contributed by atoms with E-state index >= 15 is 0 Å². The molecule has 0 heterocycles. The highest BCUT2D eigenvalue weighted by Crippen LogP contribution is 2.27. The molecule has 20 heavy (non-hydrogen) atoms. The molecule has 1 unspecified atom stereocenters. The minimum Gasteiger partial charge on any atom is -0.496 e. The van der Waals surface area contributed by atoms with E-state index < -0.39 is 11.5 Å². The van der Waals surface area contributed by atoms with E-state index in [9.17, 15) is 4.79 Å². The van der Waals surface area contributed by atoms with Crippen LogP contribution in [0.15, 0.2) is 18.2 Å². The fraction of sp³-hybridized carbons (Fsp3) is 0.500. The Balaban J connectivity index is 2.52. The lowest BCUT2D eigenvalue weighted by Gasteiger charge is -2.18. The summed E-state index contributed by atoms with van der Waals surface area (Å²) in [6.07, 6.45) is 0.877. The molecule has 1 aromatic rings. The number of rotatable bonds is 8. The molecule has 0 spiro atoms. The van der Waals surface area contributed by atoms with Crippen molar-refractivity contribution in [2.75, 3.05) is 20.8 Å². The molecule has 0 amide bonds. The van der Waals surface area contributed by atoms with Crippen molar-refractivity contribution in [1.29, 1.82) is 0 Å². The molecule has 0 bridgehead atoms. The maximum atomic E-state index is 10.9. The van der Waals surface area contributed by atoms with Gasteiger partial charge in [-0.05, 0) is 19.8 Å². The summed E-state index contributed by atoms with van der Waals surface area (Å²) in [6, 6.07) is 5.22. The molecule has 0 fully saturated rings. The zero-order valence-corrected chi connectivity index (χ0v) is 12.0. The molecule has 3 N–H and O–H groups in total. The van der Waals surface area contributed by atoms with Crippen LogP contribution in [0.4, 0.5) is 0 Å². The van der Waals surface area contributed by atoms with E-state index in [-0.39, 0.29) is 0 Å². The van der Waals surface area contributed by atoms with Gasteiger partial charge in [-0.25, -0.2) is 0 Å². The molecule has 1 aromatic carbocycles. The minimum absolute atomic E-state index is 0.337. The smallest absolute Gasteiger partial charge is 0.323 e. The summed E-state index contributed by atoms with van der Waals surface area (Å²) in [4.78, 5) is 10.9. The maximum absolute atomic E-state index is 10.9. The van der Waals surface area contributed by atoms with Crippen LogP contribution in [-0.2, 0) is 4.79 Å². The average molecular weight is 283 g/mol. The first-order valence-electron chi connectivity index (χ1n) is 6.27. The van der Waals surface area contributed by atoms with Crippen LogP contribution < -0.4 is 19.9 Å². The third-order valence-electron chi connectivity index (χ3n) is 2.92. The molecular weight excluding hydrogens is 262 g/mol. The SMILES string of the molecule is COc1cc(OC)cc(OCCCC(C)(N)C(=O)O)c1. The third-order valence-corrected chi connectivity index (χ3v) is 2.92. The fourth-order valence-electron chi connectivity index (χ4n) is 1.60. The van der Waals surface area contributed by atoms with Crippen molar-refractivity contribution >= 4 is 5.97 Å². The lowest BCUT2D eigenvalue weighted by Crippen LogP contribution is -2.44. The molecule has 1 atom stereocenters. The Morgan fingerprint density at radius 3 is 2.15 bits per heavy atom. The predicted octanol–water partition coefficient (Wildman–Crippen LogP) is 1.66. The summed E-state index contributed by atoms with van der Waals surface area (Å²) in [5, 5.41) is 8.90. The third kappa shape index (κ3) is 4.62. The number of carbonyl (C=O) groups is 1. The van der Waals surface area contributed by atoms with Gasteiger partial charge in [0.1, 0.15) is 22.8 Å². The molecule has 6 nitrogen and oxygen atoms in total. The summed E-state index contributed by atoms with van der Waals surface area (Å²) < 4.78 is 15.8. The normalized spacial score (nSPS) is 13.4. The van der Waals surface area contributed by atoms with Crippen molar-refractivity contribution < 1.29 is 24.1 Å². The summed E-state index contributed by atoms with van der Waals surface area (Å²) in [6.45, 7) is 1.86. The number of aliphatic carboxylic acids is 1. The van der Waals surface area contributed by atoms with E-state index in [0.29, 0.717) is 36.7 Å². The number of nitrogens with two attached hydrogens (primary N) is 1. The molecule has 1 rings (SSSR count). The fourth-order valence-corrected chi connectivity index (χ4v) is 1.60. The Bertz CT molecular complexity index is 437. The second kappa shape index (κ2) is 7.00. The highest BCUT2D eigenvalue weighted by atomic mass is 16.5. The Morgan fingerprint density at radius 2 is 1.70 bits per heavy atom. The molecular formula is C14H21NO5. The summed E-state index contributed by atoms with van der Waals surface area (Å²) in [5.41, 5.74) is 4.41. The highest BCUT2D eigenvalue weighted by Gasteiger charge is 2.26. The summed E-state index contributed by atoms with van der Waals surface area (Å²) >= 11 is 0.